The number of halogens is 2. The molecule has 2 amide bonds. The van der Waals surface area contributed by atoms with Crippen molar-refractivity contribution in [3.63, 3.8) is 0 Å². The molecule has 1 aliphatic carbocycles. The van der Waals surface area contributed by atoms with Crippen molar-refractivity contribution >= 4 is 96.8 Å². The van der Waals surface area contributed by atoms with Gasteiger partial charge in [-0.2, -0.15) is 10.2 Å². The minimum absolute atomic E-state index is 0.0598. The van der Waals surface area contributed by atoms with Crippen molar-refractivity contribution in [2.75, 3.05) is 8.84 Å². The summed E-state index contributed by atoms with van der Waals surface area (Å²) >= 11 is 12.8. The van der Waals surface area contributed by atoms with E-state index in [1.807, 2.05) is 0 Å². The van der Waals surface area contributed by atoms with E-state index in [-0.39, 0.29) is 28.3 Å². The molecule has 8 aromatic rings. The van der Waals surface area contributed by atoms with Crippen molar-refractivity contribution in [2.24, 2.45) is 20.5 Å². The Hall–Kier alpha value is -7.73. The molecule has 8 aromatic carbocycles. The highest BCUT2D eigenvalue weighted by Crippen LogP contribution is 2.44. The van der Waals surface area contributed by atoms with Crippen LogP contribution in [0.15, 0.2) is 178 Å². The van der Waals surface area contributed by atoms with E-state index < -0.39 is 23.3 Å². The Morgan fingerprint density at radius 2 is 0.833 bits per heavy atom. The minimum Gasteiger partial charge on any atom is -0.505 e. The monoisotopic (exact) mass is 826 g/mol. The quantitative estimate of drug-likeness (QED) is 0.116. The van der Waals surface area contributed by atoms with Gasteiger partial charge in [-0.3, -0.25) is 14.4 Å². The van der Waals surface area contributed by atoms with Crippen LogP contribution >= 0.6 is 23.6 Å². The third-order valence-electron chi connectivity index (χ3n) is 10.1. The first-order chi connectivity index (χ1) is 29.2. The summed E-state index contributed by atoms with van der Waals surface area (Å²) in [6.07, 6.45) is 0. The lowest BCUT2D eigenvalue weighted by Crippen LogP contribution is -2.20. The van der Waals surface area contributed by atoms with Gasteiger partial charge >= 0.3 is 0 Å². The maximum absolute atomic E-state index is 13.9. The van der Waals surface area contributed by atoms with Crippen molar-refractivity contribution in [1.29, 1.82) is 0 Å². The number of benzene rings is 8. The predicted octanol–water partition coefficient (Wildman–Crippen LogP) is 13.0. The number of phenolic OH excluding ortho intramolecular Hbond substituents is 2. The first-order valence-electron chi connectivity index (χ1n) is 18.4. The second-order valence-corrected chi connectivity index (χ2v) is 14.4. The summed E-state index contributed by atoms with van der Waals surface area (Å²) in [5.74, 6) is -2.39. The second kappa shape index (κ2) is 15.6. The fourth-order valence-electron chi connectivity index (χ4n) is 7.12. The highest BCUT2D eigenvalue weighted by molar-refractivity contribution is 6.40. The van der Waals surface area contributed by atoms with Crippen LogP contribution in [-0.4, -0.2) is 27.8 Å². The summed E-state index contributed by atoms with van der Waals surface area (Å²) in [6, 6.07) is 44.7. The summed E-state index contributed by atoms with van der Waals surface area (Å²) in [6.45, 7) is 0. The topological polar surface area (TPSA) is 148 Å². The second-order valence-electron chi connectivity index (χ2n) is 13.7. The number of carbonyl (C=O) groups excluding carboxylic acids is 3. The molecule has 1 aliphatic rings. The van der Waals surface area contributed by atoms with Crippen LogP contribution in [-0.2, 0) is 0 Å². The van der Waals surface area contributed by atoms with Crippen LogP contribution in [0.3, 0.4) is 0 Å². The van der Waals surface area contributed by atoms with Gasteiger partial charge in [0, 0.05) is 45.5 Å². The Morgan fingerprint density at radius 3 is 1.25 bits per heavy atom. The molecule has 290 valence electrons. The number of ketones is 1. The van der Waals surface area contributed by atoms with Gasteiger partial charge in [-0.1, -0.05) is 97.1 Å². The Morgan fingerprint density at radius 1 is 0.450 bits per heavy atom. The van der Waals surface area contributed by atoms with E-state index >= 15 is 0 Å². The lowest BCUT2D eigenvalue weighted by Gasteiger charge is -2.16. The number of phenols is 2. The standard InChI is InChI=1S/C47H28Cl2N6O5/c48-54(31-13-3-1-4-14-31)46(59)39-23-27-11-7-9-17-33(27)41(44(39)57)52-50-29-19-21-35-36-22-20-30(26-38(36)43(56)37(35)25-29)51-53-42-34-18-10-8-12-28(34)24-40(45(42)58)47(60)55(49)32-15-5-2-6-16-32/h1-26,57-58H. The number of anilines is 2. The number of carbonyl (C=O) groups is 3. The minimum atomic E-state index is -0.655. The van der Waals surface area contributed by atoms with Crippen molar-refractivity contribution in [1.82, 2.24) is 0 Å². The smallest absolute Gasteiger partial charge is 0.276 e. The molecule has 0 saturated carbocycles. The number of hydrogen-bond acceptors (Lipinski definition) is 9. The zero-order valence-electron chi connectivity index (χ0n) is 31.1. The molecule has 60 heavy (non-hydrogen) atoms. The van der Waals surface area contributed by atoms with E-state index in [2.05, 4.69) is 20.5 Å². The molecule has 0 heterocycles. The Kier molecular flexibility index (Phi) is 9.81. The third-order valence-corrected chi connectivity index (χ3v) is 10.8. The van der Waals surface area contributed by atoms with Gasteiger partial charge < -0.3 is 10.2 Å². The molecular formula is C47H28Cl2N6O5. The number of fused-ring (bicyclic) bond motifs is 5. The summed E-state index contributed by atoms with van der Waals surface area (Å²) in [7, 11) is 0. The van der Waals surface area contributed by atoms with Crippen molar-refractivity contribution in [3.8, 4) is 22.6 Å². The average molecular weight is 828 g/mol. The lowest BCUT2D eigenvalue weighted by molar-refractivity contribution is 0.0995. The maximum atomic E-state index is 13.9. The molecule has 0 bridgehead atoms. The molecule has 0 radical (unpaired) electrons. The van der Waals surface area contributed by atoms with Gasteiger partial charge in [0.05, 0.1) is 33.9 Å². The molecule has 0 aromatic heterocycles. The predicted molar refractivity (Wildman–Crippen MR) is 233 cm³/mol. The third kappa shape index (κ3) is 6.77. The molecule has 9 rings (SSSR count). The Labute approximate surface area is 351 Å². The number of aromatic hydroxyl groups is 2. The van der Waals surface area contributed by atoms with Crippen LogP contribution in [0.2, 0.25) is 0 Å². The van der Waals surface area contributed by atoms with Gasteiger partial charge in [0.2, 0.25) is 0 Å². The van der Waals surface area contributed by atoms with E-state index in [4.69, 9.17) is 23.6 Å². The highest BCUT2D eigenvalue weighted by Gasteiger charge is 2.28. The first kappa shape index (κ1) is 37.8. The number of azo groups is 2. The van der Waals surface area contributed by atoms with E-state index in [0.29, 0.717) is 66.5 Å². The molecule has 0 atom stereocenters. The van der Waals surface area contributed by atoms with E-state index in [9.17, 15) is 24.6 Å². The highest BCUT2D eigenvalue weighted by atomic mass is 35.5. The van der Waals surface area contributed by atoms with Crippen molar-refractivity contribution in [2.45, 2.75) is 0 Å². The molecule has 2 N–H and O–H groups in total. The molecule has 0 saturated heterocycles. The largest absolute Gasteiger partial charge is 0.505 e. The van der Waals surface area contributed by atoms with Crippen molar-refractivity contribution in [3.05, 3.63) is 180 Å². The molecule has 13 heteroatoms. The van der Waals surface area contributed by atoms with Gasteiger partial charge in [-0.15, -0.1) is 10.2 Å². The van der Waals surface area contributed by atoms with Gasteiger partial charge in [0.15, 0.2) is 17.3 Å². The molecule has 0 unspecified atom stereocenters. The number of para-hydroxylation sites is 2. The van der Waals surface area contributed by atoms with Gasteiger partial charge in [0.25, 0.3) is 11.8 Å². The zero-order valence-corrected chi connectivity index (χ0v) is 32.6. The van der Waals surface area contributed by atoms with E-state index in [0.717, 1.165) is 8.84 Å². The SMILES string of the molecule is O=C1c2cc(N=Nc3c(O)c(C(=O)N(Cl)c4ccccc4)cc4ccccc34)ccc2-c2ccc(N=Nc3c(O)c(C(=O)N(Cl)c4ccccc4)cc4ccccc34)cc21. The number of hydrogen-bond donors (Lipinski definition) is 2. The maximum Gasteiger partial charge on any atom is 0.276 e. The molecule has 11 nitrogen and oxygen atoms in total. The molecular weight excluding hydrogens is 799 g/mol. The van der Waals surface area contributed by atoms with E-state index in [1.165, 1.54) is 0 Å². The average Bonchev–Trinajstić information content (AvgIpc) is 3.57. The van der Waals surface area contributed by atoms with Crippen LogP contribution in [0.1, 0.15) is 36.6 Å². The lowest BCUT2D eigenvalue weighted by atomic mass is 10.0. The summed E-state index contributed by atoms with van der Waals surface area (Å²) in [5, 5.41) is 42.7. The van der Waals surface area contributed by atoms with Crippen LogP contribution in [0, 0.1) is 0 Å². The Balaban J connectivity index is 1.01. The number of nitrogens with zero attached hydrogens (tertiary/aromatic N) is 6. The summed E-state index contributed by atoms with van der Waals surface area (Å²) in [4.78, 5) is 40.9. The fraction of sp³-hybridized carbons (Fsp3) is 0. The normalized spacial score (nSPS) is 12.0. The Bertz CT molecular complexity index is 2920. The van der Waals surface area contributed by atoms with Crippen LogP contribution in [0.25, 0.3) is 32.7 Å². The summed E-state index contributed by atoms with van der Waals surface area (Å²) in [5.41, 5.74) is 3.63. The molecule has 0 aliphatic heterocycles. The zero-order chi connectivity index (χ0) is 41.5. The van der Waals surface area contributed by atoms with Crippen LogP contribution in [0.4, 0.5) is 34.1 Å². The number of amides is 2. The van der Waals surface area contributed by atoms with Gasteiger partial charge in [0.1, 0.15) is 11.4 Å². The van der Waals surface area contributed by atoms with Gasteiger partial charge in [-0.25, -0.2) is 8.84 Å². The molecule has 0 fully saturated rings. The fourth-order valence-corrected chi connectivity index (χ4v) is 7.53. The molecule has 0 spiro atoms. The van der Waals surface area contributed by atoms with E-state index in [1.54, 1.807) is 158 Å². The first-order valence-corrected chi connectivity index (χ1v) is 19.1. The summed E-state index contributed by atoms with van der Waals surface area (Å²) < 4.78 is 1.85. The van der Waals surface area contributed by atoms with Crippen molar-refractivity contribution < 1.29 is 24.6 Å². The number of rotatable bonds is 8. The van der Waals surface area contributed by atoms with Crippen LogP contribution < -0.4 is 8.84 Å². The van der Waals surface area contributed by atoms with Crippen LogP contribution in [0.5, 0.6) is 11.5 Å². The van der Waals surface area contributed by atoms with Gasteiger partial charge in [-0.05, 0) is 82.6 Å².